The minimum Gasteiger partial charge on any atom is -0.375 e. The smallest absolute Gasteiger partial charge is 0.265 e. The van der Waals surface area contributed by atoms with Crippen LogP contribution >= 0.6 is 11.6 Å². The summed E-state index contributed by atoms with van der Waals surface area (Å²) in [5, 5.41) is 3.99. The second kappa shape index (κ2) is 10.4. The molecule has 5 heterocycles. The van der Waals surface area contributed by atoms with Gasteiger partial charge >= 0.3 is 0 Å². The molecule has 3 aliphatic rings. The lowest BCUT2D eigenvalue weighted by Crippen LogP contribution is -2.60. The molecule has 0 aliphatic carbocycles. The Hall–Kier alpha value is -3.63. The van der Waals surface area contributed by atoms with Gasteiger partial charge in [0.25, 0.3) is 11.5 Å². The van der Waals surface area contributed by atoms with Crippen molar-refractivity contribution in [1.82, 2.24) is 19.8 Å². The average molecular weight is 566 g/mol. The Bertz CT molecular complexity index is 1590. The molecular weight excluding hydrogens is 537 g/mol. The van der Waals surface area contributed by atoms with Crippen LogP contribution in [0.1, 0.15) is 53.6 Å². The minimum atomic E-state index is -1.45. The molecular formula is C29H29ClFN5O4. The van der Waals surface area contributed by atoms with E-state index in [4.69, 9.17) is 21.3 Å². The monoisotopic (exact) mass is 565 g/mol. The van der Waals surface area contributed by atoms with E-state index in [1.165, 1.54) is 16.4 Å². The molecule has 2 fully saturated rings. The van der Waals surface area contributed by atoms with Crippen LogP contribution in [0.5, 0.6) is 0 Å². The Kier molecular flexibility index (Phi) is 6.92. The number of carbonyl (C=O) groups is 2. The zero-order chi connectivity index (χ0) is 28.0. The number of likely N-dealkylation sites (tertiary alicyclic amines) is 1. The van der Waals surface area contributed by atoms with E-state index in [2.05, 4.69) is 10.3 Å². The number of nitrogens with one attached hydrogen (secondary N) is 1. The van der Waals surface area contributed by atoms with Crippen LogP contribution in [0.4, 0.5) is 10.1 Å². The SMILES string of the molecule is CC1(F)CN(C(=O)Cn2c(=O)c(C(=O)NCc3ccc(Cl)cc3)cc3c4c(cnc32)N=C2COCCCCC24)C1. The van der Waals surface area contributed by atoms with E-state index in [1.54, 1.807) is 36.5 Å². The molecule has 0 radical (unpaired) electrons. The molecule has 11 heteroatoms. The molecule has 9 nitrogen and oxygen atoms in total. The molecule has 2 saturated heterocycles. The lowest BCUT2D eigenvalue weighted by atomic mass is 9.88. The number of carbonyl (C=O) groups excluding carboxylic acids is 2. The van der Waals surface area contributed by atoms with Gasteiger partial charge in [-0.15, -0.1) is 0 Å². The Balaban J connectivity index is 1.41. The molecule has 0 bridgehead atoms. The maximum atomic E-state index is 14.1. The normalized spacial score (nSPS) is 19.6. The van der Waals surface area contributed by atoms with Crippen molar-refractivity contribution in [3.05, 3.63) is 68.6 Å². The van der Waals surface area contributed by atoms with Gasteiger partial charge in [-0.25, -0.2) is 9.37 Å². The number of hydrogen-bond donors (Lipinski definition) is 1. The maximum Gasteiger partial charge on any atom is 0.265 e. The van der Waals surface area contributed by atoms with Gasteiger partial charge in [0.2, 0.25) is 5.91 Å². The molecule has 1 unspecified atom stereocenters. The number of pyridine rings is 2. The first-order chi connectivity index (χ1) is 19.2. The van der Waals surface area contributed by atoms with E-state index >= 15 is 0 Å². The summed E-state index contributed by atoms with van der Waals surface area (Å²) in [7, 11) is 0. The molecule has 1 aromatic carbocycles. The lowest BCUT2D eigenvalue weighted by molar-refractivity contribution is -0.144. The van der Waals surface area contributed by atoms with E-state index in [-0.39, 0.29) is 37.7 Å². The first-order valence-electron chi connectivity index (χ1n) is 13.4. The second-order valence-electron chi connectivity index (χ2n) is 10.9. The first kappa shape index (κ1) is 26.6. The Labute approximate surface area is 235 Å². The number of alkyl halides is 1. The quantitative estimate of drug-likeness (QED) is 0.505. The van der Waals surface area contributed by atoms with Crippen LogP contribution in [0.15, 0.2) is 46.3 Å². The Morgan fingerprint density at radius 1 is 1.23 bits per heavy atom. The molecule has 0 spiro atoms. The molecule has 2 aromatic heterocycles. The summed E-state index contributed by atoms with van der Waals surface area (Å²) in [6, 6.07) is 8.60. The highest BCUT2D eigenvalue weighted by atomic mass is 35.5. The van der Waals surface area contributed by atoms with E-state index in [9.17, 15) is 18.8 Å². The van der Waals surface area contributed by atoms with Crippen molar-refractivity contribution >= 4 is 45.8 Å². The molecule has 2 amide bonds. The summed E-state index contributed by atoms with van der Waals surface area (Å²) in [6.07, 6.45) is 4.34. The predicted molar refractivity (Wildman–Crippen MR) is 149 cm³/mol. The zero-order valence-electron chi connectivity index (χ0n) is 22.1. The van der Waals surface area contributed by atoms with Crippen molar-refractivity contribution in [2.75, 3.05) is 26.3 Å². The van der Waals surface area contributed by atoms with E-state index in [0.29, 0.717) is 35.0 Å². The Morgan fingerprint density at radius 3 is 2.75 bits per heavy atom. The molecule has 40 heavy (non-hydrogen) atoms. The van der Waals surface area contributed by atoms with Crippen LogP contribution in [-0.2, 0) is 22.6 Å². The van der Waals surface area contributed by atoms with Crippen LogP contribution < -0.4 is 10.9 Å². The van der Waals surface area contributed by atoms with Crippen LogP contribution in [0, 0.1) is 0 Å². The number of nitrogens with zero attached hydrogens (tertiary/aromatic N) is 4. The van der Waals surface area contributed by atoms with Gasteiger partial charge in [0.1, 0.15) is 23.4 Å². The van der Waals surface area contributed by atoms with Crippen LogP contribution in [0.3, 0.4) is 0 Å². The van der Waals surface area contributed by atoms with Crippen molar-refractivity contribution in [2.24, 2.45) is 4.99 Å². The van der Waals surface area contributed by atoms with Crippen LogP contribution in [-0.4, -0.2) is 63.9 Å². The fourth-order valence-corrected chi connectivity index (χ4v) is 5.83. The fraction of sp³-hybridized carbons (Fsp3) is 0.414. The van der Waals surface area contributed by atoms with E-state index < -0.39 is 23.0 Å². The van der Waals surface area contributed by atoms with Gasteiger partial charge < -0.3 is 15.0 Å². The fourth-order valence-electron chi connectivity index (χ4n) is 5.70. The summed E-state index contributed by atoms with van der Waals surface area (Å²) in [5.74, 6) is -1.01. The van der Waals surface area contributed by atoms with Gasteiger partial charge in [-0.2, -0.15) is 0 Å². The number of halogens is 2. The molecule has 1 atom stereocenters. The summed E-state index contributed by atoms with van der Waals surface area (Å²) in [4.78, 5) is 50.8. The van der Waals surface area contributed by atoms with Gasteiger partial charge in [0, 0.05) is 29.5 Å². The third-order valence-corrected chi connectivity index (χ3v) is 7.98. The van der Waals surface area contributed by atoms with Gasteiger partial charge in [0.05, 0.1) is 37.3 Å². The molecule has 208 valence electrons. The predicted octanol–water partition coefficient (Wildman–Crippen LogP) is 3.92. The highest BCUT2D eigenvalue weighted by molar-refractivity contribution is 6.30. The number of aromatic nitrogens is 2. The standard InChI is InChI=1S/C29H29ClFN5O4/c1-29(31)15-35(16-29)24(37)13-36-26-20(25-19-4-2-3-9-40-14-23(19)34-22(25)12-32-26)10-21(28(36)39)27(38)33-11-17-5-7-18(30)8-6-17/h5-8,10,12,19H,2-4,9,11,13-16H2,1H3,(H,33,38). The largest absolute Gasteiger partial charge is 0.375 e. The highest BCUT2D eigenvalue weighted by Crippen LogP contribution is 2.42. The van der Waals surface area contributed by atoms with Crippen molar-refractivity contribution in [1.29, 1.82) is 0 Å². The van der Waals surface area contributed by atoms with Crippen molar-refractivity contribution in [2.45, 2.75) is 50.9 Å². The number of amides is 2. The zero-order valence-corrected chi connectivity index (χ0v) is 22.8. The van der Waals surface area contributed by atoms with Crippen molar-refractivity contribution in [3.63, 3.8) is 0 Å². The highest BCUT2D eigenvalue weighted by Gasteiger charge is 2.41. The first-order valence-corrected chi connectivity index (χ1v) is 13.8. The minimum absolute atomic E-state index is 0.0324. The van der Waals surface area contributed by atoms with Gasteiger partial charge in [-0.1, -0.05) is 30.2 Å². The van der Waals surface area contributed by atoms with Gasteiger partial charge in [0.15, 0.2) is 0 Å². The van der Waals surface area contributed by atoms with Gasteiger partial charge in [-0.3, -0.25) is 23.9 Å². The number of fused-ring (bicyclic) bond motifs is 5. The lowest BCUT2D eigenvalue weighted by Gasteiger charge is -2.42. The van der Waals surface area contributed by atoms with E-state index in [1.807, 2.05) is 0 Å². The van der Waals surface area contributed by atoms with Crippen molar-refractivity contribution in [3.8, 4) is 0 Å². The summed E-state index contributed by atoms with van der Waals surface area (Å²) < 4.78 is 21.1. The number of ether oxygens (including phenoxy) is 1. The molecule has 3 aromatic rings. The van der Waals surface area contributed by atoms with E-state index in [0.717, 1.165) is 36.1 Å². The molecule has 0 saturated carbocycles. The number of benzene rings is 1. The molecule has 6 rings (SSSR count). The maximum absolute atomic E-state index is 14.1. The summed E-state index contributed by atoms with van der Waals surface area (Å²) in [5.41, 5.74) is 1.40. The number of rotatable bonds is 5. The van der Waals surface area contributed by atoms with Crippen LogP contribution in [0.25, 0.3) is 11.0 Å². The van der Waals surface area contributed by atoms with Crippen molar-refractivity contribution < 1.29 is 18.7 Å². The third kappa shape index (κ3) is 5.01. The van der Waals surface area contributed by atoms with Gasteiger partial charge in [-0.05, 0) is 49.1 Å². The summed E-state index contributed by atoms with van der Waals surface area (Å²) >= 11 is 5.97. The average Bonchev–Trinajstić information content (AvgIpc) is 3.24. The molecule has 3 aliphatic heterocycles. The second-order valence-corrected chi connectivity index (χ2v) is 11.4. The van der Waals surface area contributed by atoms with Crippen LogP contribution in [0.2, 0.25) is 5.02 Å². The number of aliphatic imine (C=N–C) groups is 1. The molecule has 1 N–H and O–H groups in total. The Morgan fingerprint density at radius 2 is 2.00 bits per heavy atom. The number of hydrogen-bond acceptors (Lipinski definition) is 6. The topological polar surface area (TPSA) is 106 Å². The third-order valence-electron chi connectivity index (χ3n) is 7.73. The summed E-state index contributed by atoms with van der Waals surface area (Å²) in [6.45, 7) is 2.28.